The van der Waals surface area contributed by atoms with Crippen molar-refractivity contribution in [3.05, 3.63) is 124 Å². The number of fused-ring (bicyclic) bond motifs is 1. The van der Waals surface area contributed by atoms with Crippen LogP contribution in [-0.4, -0.2) is 23.6 Å². The van der Waals surface area contributed by atoms with E-state index in [1.54, 1.807) is 19.2 Å². The van der Waals surface area contributed by atoms with Crippen LogP contribution in [0.4, 0.5) is 22.7 Å². The largest absolute Gasteiger partial charge is 0.497 e. The van der Waals surface area contributed by atoms with Crippen molar-refractivity contribution >= 4 is 34.8 Å². The van der Waals surface area contributed by atoms with Crippen LogP contribution in [0.1, 0.15) is 24.5 Å². The molecular weight excluding hydrogens is 504 g/mol. The molecule has 1 aliphatic rings. The molecule has 4 aromatic carbocycles. The van der Waals surface area contributed by atoms with E-state index in [2.05, 4.69) is 54.0 Å². The Bertz CT molecular complexity index is 1530. The first-order chi connectivity index (χ1) is 19.4. The minimum absolute atomic E-state index is 0.0180. The molecule has 0 radical (unpaired) electrons. The summed E-state index contributed by atoms with van der Waals surface area (Å²) >= 11 is 0. The molecule has 1 heterocycles. The number of hydrogen-bond acceptors (Lipinski definition) is 5. The summed E-state index contributed by atoms with van der Waals surface area (Å²) in [6.45, 7) is 2.11. The van der Waals surface area contributed by atoms with E-state index < -0.39 is 10.5 Å². The molecule has 0 bridgehead atoms. The van der Waals surface area contributed by atoms with E-state index in [9.17, 15) is 10.1 Å². The quantitative estimate of drug-likeness (QED) is 0.104. The number of ether oxygens (including phenoxy) is 2. The number of nitrogens with one attached hydrogen (secondary N) is 2. The maximum atomic E-state index is 11.1. The van der Waals surface area contributed by atoms with Crippen molar-refractivity contribution < 1.29 is 14.4 Å². The lowest BCUT2D eigenvalue weighted by atomic mass is 9.93. The van der Waals surface area contributed by atoms with E-state index in [1.165, 1.54) is 17.7 Å². The Morgan fingerprint density at radius 3 is 2.35 bits per heavy atom. The van der Waals surface area contributed by atoms with Crippen LogP contribution in [0, 0.1) is 10.1 Å². The molecule has 202 valence electrons. The number of anilines is 2. The van der Waals surface area contributed by atoms with E-state index in [4.69, 9.17) is 14.5 Å². The molecule has 0 fully saturated rings. The minimum atomic E-state index is -0.427. The molecule has 0 saturated heterocycles. The van der Waals surface area contributed by atoms with E-state index in [-0.39, 0.29) is 5.69 Å². The van der Waals surface area contributed by atoms with Crippen molar-refractivity contribution in [2.45, 2.75) is 25.4 Å². The molecule has 0 aromatic heterocycles. The predicted molar refractivity (Wildman–Crippen MR) is 160 cm³/mol. The first-order valence-electron chi connectivity index (χ1n) is 13.0. The molecular formula is C32H30N4O4. The molecule has 0 spiro atoms. The number of rotatable bonds is 8. The summed E-state index contributed by atoms with van der Waals surface area (Å²) in [5.74, 6) is 2.00. The Morgan fingerprint density at radius 1 is 0.950 bits per heavy atom. The summed E-state index contributed by atoms with van der Waals surface area (Å²) in [5, 5.41) is 17.6. The van der Waals surface area contributed by atoms with Gasteiger partial charge in [-0.3, -0.25) is 10.1 Å². The highest BCUT2D eigenvalue weighted by Crippen LogP contribution is 2.35. The highest BCUT2D eigenvalue weighted by atomic mass is 16.6. The van der Waals surface area contributed by atoms with Gasteiger partial charge >= 0.3 is 0 Å². The van der Waals surface area contributed by atoms with Gasteiger partial charge in [0.2, 0.25) is 5.96 Å². The van der Waals surface area contributed by atoms with Crippen LogP contribution in [0.5, 0.6) is 11.5 Å². The second-order valence-corrected chi connectivity index (χ2v) is 9.70. The fraction of sp³-hybridized carbons (Fsp3) is 0.156. The third-order valence-electron chi connectivity index (χ3n) is 6.64. The van der Waals surface area contributed by atoms with Gasteiger partial charge in [-0.05, 0) is 86.0 Å². The van der Waals surface area contributed by atoms with Crippen molar-refractivity contribution in [1.82, 2.24) is 0 Å². The minimum Gasteiger partial charge on any atom is -0.497 e. The molecule has 1 unspecified atom stereocenters. The number of nitro benzene ring substituents is 1. The molecule has 0 aliphatic carbocycles. The Hall–Kier alpha value is -5.11. The van der Waals surface area contributed by atoms with Gasteiger partial charge in [0.05, 0.1) is 17.7 Å². The molecule has 0 saturated carbocycles. The van der Waals surface area contributed by atoms with E-state index in [0.717, 1.165) is 35.6 Å². The number of methoxy groups -OCH3 is 1. The number of guanidine groups is 1. The zero-order valence-corrected chi connectivity index (χ0v) is 22.3. The summed E-state index contributed by atoms with van der Waals surface area (Å²) in [7, 11) is 1.61. The fourth-order valence-corrected chi connectivity index (χ4v) is 4.39. The van der Waals surface area contributed by atoms with Crippen LogP contribution in [-0.2, 0) is 6.42 Å². The van der Waals surface area contributed by atoms with Crippen LogP contribution in [0.15, 0.2) is 108 Å². The summed E-state index contributed by atoms with van der Waals surface area (Å²) in [5.41, 5.74) is 4.03. The lowest BCUT2D eigenvalue weighted by Crippen LogP contribution is -2.32. The van der Waals surface area contributed by atoms with Crippen LogP contribution < -0.4 is 20.1 Å². The fourth-order valence-electron chi connectivity index (χ4n) is 4.39. The summed E-state index contributed by atoms with van der Waals surface area (Å²) in [4.78, 5) is 15.4. The first kappa shape index (κ1) is 26.5. The summed E-state index contributed by atoms with van der Waals surface area (Å²) in [6.07, 6.45) is 6.00. The first-order valence-corrected chi connectivity index (χ1v) is 13.0. The Morgan fingerprint density at radius 2 is 1.65 bits per heavy atom. The third-order valence-corrected chi connectivity index (χ3v) is 6.64. The average Bonchev–Trinajstić information content (AvgIpc) is 2.97. The maximum absolute atomic E-state index is 11.1. The molecule has 1 aliphatic heterocycles. The normalized spacial score (nSPS) is 16.0. The molecule has 8 nitrogen and oxygen atoms in total. The third kappa shape index (κ3) is 6.66. The van der Waals surface area contributed by atoms with E-state index in [1.807, 2.05) is 48.5 Å². The number of aliphatic imine (C=N–C) groups is 1. The van der Waals surface area contributed by atoms with E-state index in [0.29, 0.717) is 17.3 Å². The topological polar surface area (TPSA) is 98.0 Å². The van der Waals surface area contributed by atoms with Gasteiger partial charge in [-0.15, -0.1) is 0 Å². The smallest absolute Gasteiger partial charge is 0.269 e. The van der Waals surface area contributed by atoms with Crippen molar-refractivity contribution in [3.63, 3.8) is 0 Å². The van der Waals surface area contributed by atoms with Gasteiger partial charge in [0.25, 0.3) is 5.69 Å². The number of benzene rings is 4. The molecule has 1 atom stereocenters. The van der Waals surface area contributed by atoms with Gasteiger partial charge in [-0.2, -0.15) is 0 Å². The van der Waals surface area contributed by atoms with Crippen molar-refractivity contribution in [3.8, 4) is 11.5 Å². The SMILES string of the molecule is COc1ccc(N=C(Nc2ccc([N+](=O)[O-])cc2)Nc2ccc3c(c2)C=CC(C)(CCc2ccccc2)O3)cc1. The van der Waals surface area contributed by atoms with E-state index >= 15 is 0 Å². The van der Waals surface area contributed by atoms with Crippen LogP contribution in [0.2, 0.25) is 0 Å². The van der Waals surface area contributed by atoms with Gasteiger partial charge in [0, 0.05) is 29.1 Å². The van der Waals surface area contributed by atoms with Crippen LogP contribution >= 0.6 is 0 Å². The number of aryl methyl sites for hydroxylation is 1. The van der Waals surface area contributed by atoms with Gasteiger partial charge in [-0.25, -0.2) is 4.99 Å². The standard InChI is InChI=1S/C32H30N4O4/c1-32(20-18-23-6-4-3-5-7-23)21-19-24-22-27(12-17-30(24)40-32)35-31(34-26-10-15-29(39-2)16-11-26)33-25-8-13-28(14-9-25)36(37)38/h3-17,19,21-22H,18,20H2,1-2H3,(H2,33,34,35). The molecule has 8 heteroatoms. The summed E-state index contributed by atoms with van der Waals surface area (Å²) < 4.78 is 11.7. The van der Waals surface area contributed by atoms with Crippen LogP contribution in [0.3, 0.4) is 0 Å². The lowest BCUT2D eigenvalue weighted by Gasteiger charge is -2.32. The predicted octanol–water partition coefficient (Wildman–Crippen LogP) is 7.61. The Labute approximate surface area is 233 Å². The molecule has 40 heavy (non-hydrogen) atoms. The van der Waals surface area contributed by atoms with Crippen molar-refractivity contribution in [2.24, 2.45) is 4.99 Å². The second kappa shape index (κ2) is 11.7. The highest BCUT2D eigenvalue weighted by Gasteiger charge is 2.27. The molecule has 2 N–H and O–H groups in total. The number of non-ortho nitro benzene ring substituents is 1. The maximum Gasteiger partial charge on any atom is 0.269 e. The average molecular weight is 535 g/mol. The number of hydrogen-bond donors (Lipinski definition) is 2. The zero-order chi connectivity index (χ0) is 28.0. The Balaban J connectivity index is 1.34. The number of nitrogens with zero attached hydrogens (tertiary/aromatic N) is 2. The van der Waals surface area contributed by atoms with Gasteiger partial charge < -0.3 is 20.1 Å². The van der Waals surface area contributed by atoms with Crippen molar-refractivity contribution in [2.75, 3.05) is 17.7 Å². The van der Waals surface area contributed by atoms with Gasteiger partial charge in [0.1, 0.15) is 17.1 Å². The van der Waals surface area contributed by atoms with Gasteiger partial charge in [-0.1, -0.05) is 36.4 Å². The molecule has 4 aromatic rings. The van der Waals surface area contributed by atoms with Gasteiger partial charge in [0.15, 0.2) is 0 Å². The molecule has 5 rings (SSSR count). The highest BCUT2D eigenvalue weighted by molar-refractivity contribution is 6.05. The number of nitro groups is 1. The monoisotopic (exact) mass is 534 g/mol. The molecule has 0 amide bonds. The van der Waals surface area contributed by atoms with Crippen molar-refractivity contribution in [1.29, 1.82) is 0 Å². The van der Waals surface area contributed by atoms with Crippen LogP contribution in [0.25, 0.3) is 6.08 Å². The Kier molecular flexibility index (Phi) is 7.77. The lowest BCUT2D eigenvalue weighted by molar-refractivity contribution is -0.384. The zero-order valence-electron chi connectivity index (χ0n) is 22.3. The second-order valence-electron chi connectivity index (χ2n) is 9.70. The summed E-state index contributed by atoms with van der Waals surface area (Å²) in [6, 6.07) is 29.8.